The number of hydrogen-bond donors (Lipinski definition) is 2. The van der Waals surface area contributed by atoms with Gasteiger partial charge in [-0.2, -0.15) is 0 Å². The molecule has 6 heteroatoms. The Hall–Kier alpha value is -1.95. The lowest BCUT2D eigenvalue weighted by atomic mass is 9.82. The summed E-state index contributed by atoms with van der Waals surface area (Å²) in [5.41, 5.74) is 0.994. The van der Waals surface area contributed by atoms with Gasteiger partial charge in [0.2, 0.25) is 5.91 Å². The monoisotopic (exact) mass is 346 g/mol. The number of fused-ring (bicyclic) bond motifs is 1. The van der Waals surface area contributed by atoms with E-state index in [-0.39, 0.29) is 11.8 Å². The largest absolute Gasteiger partial charge is 0.481 e. The number of carboxylic acids is 1. The summed E-state index contributed by atoms with van der Waals surface area (Å²) in [7, 11) is 0. The van der Waals surface area contributed by atoms with Crippen LogP contribution >= 0.6 is 11.3 Å². The first-order valence-corrected chi connectivity index (χ1v) is 9.27. The summed E-state index contributed by atoms with van der Waals surface area (Å²) in [5, 5.41) is 13.0. The Balaban J connectivity index is 1.39. The molecule has 1 aliphatic rings. The van der Waals surface area contributed by atoms with E-state index in [4.69, 9.17) is 5.11 Å². The molecule has 128 valence electrons. The van der Waals surface area contributed by atoms with Gasteiger partial charge >= 0.3 is 5.97 Å². The summed E-state index contributed by atoms with van der Waals surface area (Å²) in [5.74, 6) is -0.425. The third-order valence-electron chi connectivity index (χ3n) is 4.69. The minimum absolute atomic E-state index is 0.0506. The molecule has 3 rings (SSSR count). The molecule has 0 bridgehead atoms. The number of amides is 1. The van der Waals surface area contributed by atoms with Crippen molar-refractivity contribution in [2.75, 3.05) is 6.54 Å². The highest BCUT2D eigenvalue weighted by Crippen LogP contribution is 2.28. The summed E-state index contributed by atoms with van der Waals surface area (Å²) in [6.45, 7) is 0.658. The summed E-state index contributed by atoms with van der Waals surface area (Å²) in [6, 6.07) is 8.00. The summed E-state index contributed by atoms with van der Waals surface area (Å²) in [6.07, 6.45) is 4.33. The molecule has 0 saturated heterocycles. The number of thiazole rings is 1. The van der Waals surface area contributed by atoms with Gasteiger partial charge in [-0.1, -0.05) is 12.1 Å². The van der Waals surface area contributed by atoms with Crippen molar-refractivity contribution in [3.05, 3.63) is 29.3 Å². The van der Waals surface area contributed by atoms with Gasteiger partial charge in [-0.05, 0) is 43.7 Å². The Labute approximate surface area is 145 Å². The molecular formula is C18H22N2O3S. The Morgan fingerprint density at radius 1 is 1.21 bits per heavy atom. The normalized spacial score (nSPS) is 20.8. The van der Waals surface area contributed by atoms with E-state index < -0.39 is 5.97 Å². The molecule has 1 saturated carbocycles. The fourth-order valence-corrected chi connectivity index (χ4v) is 4.17. The number of aromatic nitrogens is 1. The first-order chi connectivity index (χ1) is 11.6. The van der Waals surface area contributed by atoms with Gasteiger partial charge in [-0.15, -0.1) is 11.3 Å². The van der Waals surface area contributed by atoms with Gasteiger partial charge in [-0.25, -0.2) is 4.98 Å². The maximum Gasteiger partial charge on any atom is 0.306 e. The number of aliphatic carboxylic acids is 1. The van der Waals surface area contributed by atoms with E-state index in [2.05, 4.69) is 10.3 Å². The van der Waals surface area contributed by atoms with E-state index >= 15 is 0 Å². The first-order valence-electron chi connectivity index (χ1n) is 8.46. The molecule has 1 aliphatic carbocycles. The molecule has 0 aliphatic heterocycles. The number of carbonyl (C=O) groups is 2. The second-order valence-corrected chi connectivity index (χ2v) is 7.55. The van der Waals surface area contributed by atoms with Crippen molar-refractivity contribution in [1.29, 1.82) is 0 Å². The maximum absolute atomic E-state index is 12.0. The van der Waals surface area contributed by atoms with Crippen molar-refractivity contribution in [1.82, 2.24) is 10.3 Å². The standard InChI is InChI=1S/C18H22N2O3S/c21-16(19-11-12-5-7-13(8-6-12)18(22)23)9-10-17-20-14-3-1-2-4-15(14)24-17/h1-4,12-13H,5-11H2,(H,19,21)(H,22,23). The maximum atomic E-state index is 12.0. The molecule has 1 heterocycles. The Morgan fingerprint density at radius 3 is 2.67 bits per heavy atom. The molecule has 0 atom stereocenters. The van der Waals surface area contributed by atoms with Crippen LogP contribution in [0.25, 0.3) is 10.2 Å². The minimum Gasteiger partial charge on any atom is -0.481 e. The molecule has 0 unspecified atom stereocenters. The molecule has 1 amide bonds. The molecule has 5 nitrogen and oxygen atoms in total. The predicted molar refractivity (Wildman–Crippen MR) is 94.0 cm³/mol. The van der Waals surface area contributed by atoms with Crippen LogP contribution in [0.2, 0.25) is 0 Å². The molecular weight excluding hydrogens is 324 g/mol. The predicted octanol–water partition coefficient (Wildman–Crippen LogP) is 3.24. The molecule has 1 aromatic heterocycles. The Bertz CT molecular complexity index is 687. The minimum atomic E-state index is -0.687. The van der Waals surface area contributed by atoms with Crippen molar-refractivity contribution in [3.8, 4) is 0 Å². The van der Waals surface area contributed by atoms with Crippen molar-refractivity contribution in [2.45, 2.75) is 38.5 Å². The van der Waals surface area contributed by atoms with Gasteiger partial charge in [-0.3, -0.25) is 9.59 Å². The topological polar surface area (TPSA) is 79.3 Å². The highest BCUT2D eigenvalue weighted by atomic mass is 32.1. The van der Waals surface area contributed by atoms with Crippen LogP contribution in [0.1, 0.15) is 37.1 Å². The molecule has 24 heavy (non-hydrogen) atoms. The zero-order valence-corrected chi connectivity index (χ0v) is 14.3. The zero-order valence-electron chi connectivity index (χ0n) is 13.5. The highest BCUT2D eigenvalue weighted by molar-refractivity contribution is 7.18. The van der Waals surface area contributed by atoms with Crippen LogP contribution in [-0.4, -0.2) is 28.5 Å². The summed E-state index contributed by atoms with van der Waals surface area (Å²) < 4.78 is 1.16. The van der Waals surface area contributed by atoms with E-state index in [9.17, 15) is 9.59 Å². The van der Waals surface area contributed by atoms with Gasteiger partial charge in [0.25, 0.3) is 0 Å². The molecule has 1 fully saturated rings. The van der Waals surface area contributed by atoms with Crippen LogP contribution in [0.4, 0.5) is 0 Å². The molecule has 0 radical (unpaired) electrons. The van der Waals surface area contributed by atoms with Crippen molar-refractivity contribution in [2.24, 2.45) is 11.8 Å². The number of rotatable bonds is 6. The number of carbonyl (C=O) groups excluding carboxylic acids is 1. The first kappa shape index (κ1) is 16.9. The van der Waals surface area contributed by atoms with Gasteiger partial charge in [0, 0.05) is 19.4 Å². The second-order valence-electron chi connectivity index (χ2n) is 6.44. The Morgan fingerprint density at radius 2 is 1.96 bits per heavy atom. The van der Waals surface area contributed by atoms with Crippen LogP contribution in [0.5, 0.6) is 0 Å². The average Bonchev–Trinajstić information content (AvgIpc) is 3.01. The third-order valence-corrected chi connectivity index (χ3v) is 5.78. The number of nitrogens with zero attached hydrogens (tertiary/aromatic N) is 1. The van der Waals surface area contributed by atoms with Gasteiger partial charge in [0.15, 0.2) is 0 Å². The summed E-state index contributed by atoms with van der Waals surface area (Å²) in [4.78, 5) is 27.5. The number of aryl methyl sites for hydroxylation is 1. The number of para-hydroxylation sites is 1. The second kappa shape index (κ2) is 7.75. The van der Waals surface area contributed by atoms with Crippen molar-refractivity contribution >= 4 is 33.4 Å². The van der Waals surface area contributed by atoms with Gasteiger partial charge < -0.3 is 10.4 Å². The summed E-state index contributed by atoms with van der Waals surface area (Å²) >= 11 is 1.64. The van der Waals surface area contributed by atoms with E-state index in [0.717, 1.165) is 40.9 Å². The Kier molecular flexibility index (Phi) is 5.45. The fraction of sp³-hybridized carbons (Fsp3) is 0.500. The molecule has 2 aromatic rings. The lowest BCUT2D eigenvalue weighted by Gasteiger charge is -2.26. The van der Waals surface area contributed by atoms with Crippen LogP contribution in [0.15, 0.2) is 24.3 Å². The average molecular weight is 346 g/mol. The van der Waals surface area contributed by atoms with Crippen molar-refractivity contribution < 1.29 is 14.7 Å². The SMILES string of the molecule is O=C(CCc1nc2ccccc2s1)NCC1CCC(C(=O)O)CC1. The third kappa shape index (κ3) is 4.32. The molecule has 0 spiro atoms. The fourth-order valence-electron chi connectivity index (χ4n) is 3.21. The van der Waals surface area contributed by atoms with Gasteiger partial charge in [0.05, 0.1) is 21.1 Å². The number of nitrogens with one attached hydrogen (secondary N) is 1. The number of benzene rings is 1. The smallest absolute Gasteiger partial charge is 0.306 e. The van der Waals surface area contributed by atoms with E-state index in [0.29, 0.717) is 25.3 Å². The van der Waals surface area contributed by atoms with Crippen LogP contribution in [-0.2, 0) is 16.0 Å². The zero-order chi connectivity index (χ0) is 16.9. The molecule has 2 N–H and O–H groups in total. The number of hydrogen-bond acceptors (Lipinski definition) is 4. The van der Waals surface area contributed by atoms with E-state index in [1.807, 2.05) is 24.3 Å². The number of carboxylic acid groups (broad SMARTS) is 1. The van der Waals surface area contributed by atoms with E-state index in [1.165, 1.54) is 0 Å². The quantitative estimate of drug-likeness (QED) is 0.841. The van der Waals surface area contributed by atoms with E-state index in [1.54, 1.807) is 11.3 Å². The van der Waals surface area contributed by atoms with Crippen LogP contribution < -0.4 is 5.32 Å². The molecule has 1 aromatic carbocycles. The van der Waals surface area contributed by atoms with Gasteiger partial charge in [0.1, 0.15) is 0 Å². The van der Waals surface area contributed by atoms with Crippen LogP contribution in [0.3, 0.4) is 0 Å². The lowest BCUT2D eigenvalue weighted by Crippen LogP contribution is -2.32. The highest BCUT2D eigenvalue weighted by Gasteiger charge is 2.25. The van der Waals surface area contributed by atoms with Crippen LogP contribution in [0, 0.1) is 11.8 Å². The lowest BCUT2D eigenvalue weighted by molar-refractivity contribution is -0.143. The van der Waals surface area contributed by atoms with Crippen molar-refractivity contribution in [3.63, 3.8) is 0 Å².